The first kappa shape index (κ1) is 28.4. The molecular weight excluding hydrogens is 527 g/mol. The molecule has 1 amide bonds. The minimum absolute atomic E-state index is 0.270. The van der Waals surface area contributed by atoms with Gasteiger partial charge in [-0.15, -0.1) is 0 Å². The van der Waals surface area contributed by atoms with E-state index in [4.69, 9.17) is 16.3 Å². The zero-order valence-electron chi connectivity index (χ0n) is 23.7. The van der Waals surface area contributed by atoms with Gasteiger partial charge >= 0.3 is 0 Å². The first-order valence-corrected chi connectivity index (χ1v) is 14.5. The highest BCUT2D eigenvalue weighted by atomic mass is 35.5. The molecule has 2 heterocycles. The number of amides is 1. The number of anilines is 3. The zero-order chi connectivity index (χ0) is 28.4. The van der Waals surface area contributed by atoms with Crippen molar-refractivity contribution < 1.29 is 13.9 Å². The SMILES string of the molecule is CCc1cc(Cl)cc(C(=O)Nc2cc(-c3ccc(N4CCOCC4)cc3)c(F)cc2N2C[C@@H](C)N(C)[C@@H](C)C2)c1. The molecule has 0 unspecified atom stereocenters. The number of likely N-dealkylation sites (N-methyl/N-ethyl adjacent to an activating group) is 1. The molecule has 6 nitrogen and oxygen atoms in total. The average Bonchev–Trinajstić information content (AvgIpc) is 2.96. The maximum absolute atomic E-state index is 15.8. The first-order valence-electron chi connectivity index (χ1n) is 14.1. The number of benzene rings is 3. The summed E-state index contributed by atoms with van der Waals surface area (Å²) in [5, 5.41) is 3.62. The van der Waals surface area contributed by atoms with Gasteiger partial charge in [0.1, 0.15) is 5.82 Å². The molecule has 2 fully saturated rings. The predicted molar refractivity (Wildman–Crippen MR) is 163 cm³/mol. The highest BCUT2D eigenvalue weighted by Crippen LogP contribution is 2.37. The number of carbonyl (C=O) groups is 1. The van der Waals surface area contributed by atoms with E-state index in [0.717, 1.165) is 49.4 Å². The van der Waals surface area contributed by atoms with E-state index in [1.807, 2.05) is 43.3 Å². The van der Waals surface area contributed by atoms with Crippen molar-refractivity contribution in [3.05, 3.63) is 76.6 Å². The fraction of sp³-hybridized carbons (Fsp3) is 0.406. The van der Waals surface area contributed by atoms with Gasteiger partial charge < -0.3 is 19.9 Å². The number of hydrogen-bond donors (Lipinski definition) is 1. The second kappa shape index (κ2) is 12.2. The molecule has 2 atom stereocenters. The summed E-state index contributed by atoms with van der Waals surface area (Å²) in [6, 6.07) is 17.2. The molecule has 0 radical (unpaired) electrons. The number of piperazine rings is 1. The van der Waals surface area contributed by atoms with Crippen LogP contribution in [0.5, 0.6) is 0 Å². The first-order chi connectivity index (χ1) is 19.2. The average molecular weight is 565 g/mol. The standard InChI is InChI=1S/C32H38ClFN4O2/c1-5-23-14-25(16-26(33)15-23)32(39)35-30-17-28(24-6-8-27(9-7-24)37-10-12-40-13-11-37)29(34)18-31(30)38-19-21(2)36(4)22(3)20-38/h6-9,14-18,21-22H,5,10-13,19-20H2,1-4H3,(H,35,39)/t21-,22+. The van der Waals surface area contributed by atoms with E-state index in [2.05, 4.69) is 40.9 Å². The van der Waals surface area contributed by atoms with Crippen LogP contribution >= 0.6 is 11.6 Å². The van der Waals surface area contributed by atoms with Crippen molar-refractivity contribution in [2.24, 2.45) is 0 Å². The Kier molecular flexibility index (Phi) is 8.64. The normalized spacial score (nSPS) is 20.1. The largest absolute Gasteiger partial charge is 0.378 e. The van der Waals surface area contributed by atoms with E-state index in [0.29, 0.717) is 40.7 Å². The van der Waals surface area contributed by atoms with Crippen molar-refractivity contribution >= 4 is 34.6 Å². The van der Waals surface area contributed by atoms with Crippen LogP contribution in [0.3, 0.4) is 0 Å². The summed E-state index contributed by atoms with van der Waals surface area (Å²) < 4.78 is 21.3. The Morgan fingerprint density at radius 1 is 1.00 bits per heavy atom. The fourth-order valence-electron chi connectivity index (χ4n) is 5.60. The summed E-state index contributed by atoms with van der Waals surface area (Å²) in [5.74, 6) is -0.587. The second-order valence-electron chi connectivity index (χ2n) is 10.9. The summed E-state index contributed by atoms with van der Waals surface area (Å²) in [6.45, 7) is 10.9. The van der Waals surface area contributed by atoms with E-state index >= 15 is 4.39 Å². The van der Waals surface area contributed by atoms with E-state index in [-0.39, 0.29) is 23.8 Å². The van der Waals surface area contributed by atoms with Crippen LogP contribution < -0.4 is 15.1 Å². The maximum Gasteiger partial charge on any atom is 0.255 e. The van der Waals surface area contributed by atoms with Crippen molar-refractivity contribution in [1.29, 1.82) is 0 Å². The number of morpholine rings is 1. The van der Waals surface area contributed by atoms with E-state index in [1.54, 1.807) is 18.2 Å². The monoisotopic (exact) mass is 564 g/mol. The molecule has 3 aromatic rings. The van der Waals surface area contributed by atoms with Crippen LogP contribution in [0.15, 0.2) is 54.6 Å². The molecule has 0 aliphatic carbocycles. The van der Waals surface area contributed by atoms with Gasteiger partial charge in [-0.05, 0) is 80.9 Å². The molecule has 40 heavy (non-hydrogen) atoms. The molecule has 5 rings (SSSR count). The molecule has 212 valence electrons. The Balaban J connectivity index is 1.51. The lowest BCUT2D eigenvalue weighted by Gasteiger charge is -2.44. The van der Waals surface area contributed by atoms with Crippen LogP contribution in [0.2, 0.25) is 5.02 Å². The lowest BCUT2D eigenvalue weighted by Crippen LogP contribution is -2.55. The van der Waals surface area contributed by atoms with E-state index in [1.165, 1.54) is 0 Å². The molecule has 3 aromatic carbocycles. The highest BCUT2D eigenvalue weighted by molar-refractivity contribution is 6.31. The molecule has 8 heteroatoms. The molecule has 2 aliphatic rings. The van der Waals surface area contributed by atoms with Crippen LogP contribution in [-0.2, 0) is 11.2 Å². The summed E-state index contributed by atoms with van der Waals surface area (Å²) in [5.41, 5.74) is 5.03. The van der Waals surface area contributed by atoms with Crippen molar-refractivity contribution in [3.8, 4) is 11.1 Å². The highest BCUT2D eigenvalue weighted by Gasteiger charge is 2.29. The van der Waals surface area contributed by atoms with Gasteiger partial charge in [-0.25, -0.2) is 4.39 Å². The molecule has 0 saturated carbocycles. The predicted octanol–water partition coefficient (Wildman–Crippen LogP) is 6.33. The van der Waals surface area contributed by atoms with Gasteiger partial charge in [0.2, 0.25) is 0 Å². The van der Waals surface area contributed by atoms with Gasteiger partial charge in [0.25, 0.3) is 5.91 Å². The molecule has 2 aliphatic heterocycles. The topological polar surface area (TPSA) is 48.1 Å². The fourth-order valence-corrected chi connectivity index (χ4v) is 5.86. The van der Waals surface area contributed by atoms with E-state index in [9.17, 15) is 4.79 Å². The van der Waals surface area contributed by atoms with Crippen molar-refractivity contribution in [2.75, 3.05) is 61.6 Å². The number of aryl methyl sites for hydroxylation is 1. The summed E-state index contributed by atoms with van der Waals surface area (Å²) >= 11 is 6.32. The molecule has 0 spiro atoms. The summed E-state index contributed by atoms with van der Waals surface area (Å²) in [7, 11) is 2.12. The van der Waals surface area contributed by atoms with Gasteiger partial charge in [-0.1, -0.05) is 30.7 Å². The number of nitrogens with zero attached hydrogens (tertiary/aromatic N) is 3. The van der Waals surface area contributed by atoms with Crippen LogP contribution in [0.4, 0.5) is 21.5 Å². The van der Waals surface area contributed by atoms with Gasteiger partial charge in [0.05, 0.1) is 24.6 Å². The Bertz CT molecular complexity index is 1350. The zero-order valence-corrected chi connectivity index (χ0v) is 24.5. The molecular formula is C32H38ClFN4O2. The van der Waals surface area contributed by atoms with Gasteiger partial charge in [0.15, 0.2) is 0 Å². The van der Waals surface area contributed by atoms with Crippen molar-refractivity contribution in [3.63, 3.8) is 0 Å². The van der Waals surface area contributed by atoms with Gasteiger partial charge in [-0.3, -0.25) is 9.69 Å². The second-order valence-corrected chi connectivity index (χ2v) is 11.4. The van der Waals surface area contributed by atoms with E-state index < -0.39 is 0 Å². The third-order valence-corrected chi connectivity index (χ3v) is 8.43. The number of rotatable bonds is 6. The smallest absolute Gasteiger partial charge is 0.255 e. The Hall–Kier alpha value is -3.13. The molecule has 1 N–H and O–H groups in total. The molecule has 0 aromatic heterocycles. The van der Waals surface area contributed by atoms with Crippen LogP contribution in [0.1, 0.15) is 36.7 Å². The maximum atomic E-state index is 15.8. The lowest BCUT2D eigenvalue weighted by molar-refractivity contribution is 0.102. The third-order valence-electron chi connectivity index (χ3n) is 8.22. The van der Waals surface area contributed by atoms with Crippen molar-refractivity contribution in [2.45, 2.75) is 39.3 Å². The van der Waals surface area contributed by atoms with Gasteiger partial charge in [-0.2, -0.15) is 0 Å². The number of nitrogens with one attached hydrogen (secondary N) is 1. The number of carbonyl (C=O) groups excluding carboxylic acids is 1. The molecule has 0 bridgehead atoms. The minimum atomic E-state index is -0.317. The quantitative estimate of drug-likeness (QED) is 0.379. The lowest BCUT2D eigenvalue weighted by atomic mass is 10.0. The van der Waals surface area contributed by atoms with Crippen LogP contribution in [0.25, 0.3) is 11.1 Å². The Morgan fingerprint density at radius 3 is 2.33 bits per heavy atom. The van der Waals surface area contributed by atoms with Gasteiger partial charge in [0, 0.05) is 60.1 Å². The third kappa shape index (κ3) is 6.12. The number of ether oxygens (including phenoxy) is 1. The number of hydrogen-bond acceptors (Lipinski definition) is 5. The molecule has 2 saturated heterocycles. The summed E-state index contributed by atoms with van der Waals surface area (Å²) in [4.78, 5) is 20.3. The number of halogens is 2. The Morgan fingerprint density at radius 2 is 1.68 bits per heavy atom. The minimum Gasteiger partial charge on any atom is -0.378 e. The van der Waals surface area contributed by atoms with Crippen LogP contribution in [-0.4, -0.2) is 69.3 Å². The van der Waals surface area contributed by atoms with Crippen molar-refractivity contribution in [1.82, 2.24) is 4.90 Å². The summed E-state index contributed by atoms with van der Waals surface area (Å²) in [6.07, 6.45) is 0.768. The van der Waals surface area contributed by atoms with Crippen LogP contribution in [0, 0.1) is 5.82 Å². The Labute approximate surface area is 241 Å².